The van der Waals surface area contributed by atoms with E-state index in [0.29, 0.717) is 0 Å². The molecular weight excluding hydrogens is 317 g/mol. The molecule has 1 rings (SSSR count). The van der Waals surface area contributed by atoms with Crippen molar-refractivity contribution in [2.45, 2.75) is 0 Å². The molecule has 0 radical (unpaired) electrons. The van der Waals surface area contributed by atoms with Crippen molar-refractivity contribution in [3.05, 3.63) is 30.6 Å². The van der Waals surface area contributed by atoms with Gasteiger partial charge in [0, 0.05) is 12.4 Å². The largest absolute Gasteiger partial charge is 0.265 e. The Morgan fingerprint density at radius 3 is 1.27 bits per heavy atom. The molecule has 0 N–H and O–H groups in total. The van der Waals surface area contributed by atoms with Gasteiger partial charge in [-0.25, -0.2) is 0 Å². The molecule has 0 saturated heterocycles. The smallest absolute Gasteiger partial charge is 0.0267 e. The van der Waals surface area contributed by atoms with Crippen LogP contribution in [0.1, 0.15) is 0 Å². The van der Waals surface area contributed by atoms with Gasteiger partial charge >= 0.3 is 49.6 Å². The van der Waals surface area contributed by atoms with Gasteiger partial charge in [0.1, 0.15) is 0 Å². The summed E-state index contributed by atoms with van der Waals surface area (Å²) in [7, 11) is 17.0. The van der Waals surface area contributed by atoms with Crippen LogP contribution in [-0.2, 0) is 10.8 Å². The molecule has 0 spiro atoms. The zero-order chi connectivity index (χ0) is 8.74. The molecule has 0 fully saturated rings. The molecule has 0 aliphatic rings. The van der Waals surface area contributed by atoms with Crippen molar-refractivity contribution in [1.82, 2.24) is 4.98 Å². The summed E-state index contributed by atoms with van der Waals surface area (Å²) in [6.07, 6.45) is 3.50. The van der Waals surface area contributed by atoms with E-state index in [1.54, 1.807) is 12.4 Å². The minimum absolute atomic E-state index is 1.75. The fourth-order valence-corrected chi connectivity index (χ4v) is 0.313. The predicted molar refractivity (Wildman–Crippen MR) is 47.6 cm³/mol. The van der Waals surface area contributed by atoms with Gasteiger partial charge in [0.2, 0.25) is 0 Å². The number of aromatic nitrogens is 1. The molecule has 6 heteroatoms. The number of hydrogen-bond acceptors (Lipinski definition) is 1. The SMILES string of the molecule is [Cl][Ru]([Cl])([Cl])[Cl].c1ccncc1. The average molecular weight is 322 g/mol. The summed E-state index contributed by atoms with van der Waals surface area (Å²) in [6.45, 7) is 0. The van der Waals surface area contributed by atoms with E-state index in [9.17, 15) is 0 Å². The van der Waals surface area contributed by atoms with Crippen LogP contribution in [0.25, 0.3) is 0 Å². The Kier molecular flexibility index (Phi) is 7.00. The number of nitrogens with zero attached hydrogens (tertiary/aromatic N) is 1. The van der Waals surface area contributed by atoms with Gasteiger partial charge in [-0.3, -0.25) is 4.98 Å². The van der Waals surface area contributed by atoms with Crippen molar-refractivity contribution in [1.29, 1.82) is 0 Å². The molecule has 0 saturated carbocycles. The summed E-state index contributed by atoms with van der Waals surface area (Å²) < 4.78 is 0. The van der Waals surface area contributed by atoms with Crippen LogP contribution in [0.2, 0.25) is 0 Å². The maximum Gasteiger partial charge on any atom is 0.0267 e. The Hall–Kier alpha value is 0.933. The maximum atomic E-state index is 5.00. The molecule has 1 heterocycles. The summed E-state index contributed by atoms with van der Waals surface area (Å²) in [5.74, 6) is 0. The van der Waals surface area contributed by atoms with E-state index >= 15 is 0 Å². The number of halogens is 4. The van der Waals surface area contributed by atoms with Gasteiger partial charge in [0.05, 0.1) is 0 Å². The Morgan fingerprint density at radius 1 is 0.818 bits per heavy atom. The first-order valence-electron chi connectivity index (χ1n) is 2.38. The standard InChI is InChI=1S/C5H5N.4ClH.Ru/c1-2-4-6-5-3-1;;;;;/h1-5H;4*1H;/q;;;;;+4/p-4. The normalized spacial score (nSPS) is 11.3. The number of hydrogen-bond donors (Lipinski definition) is 0. The molecule has 0 aliphatic heterocycles. The average Bonchev–Trinajstić information content (AvgIpc) is 1.88. The van der Waals surface area contributed by atoms with Crippen LogP contribution in [0, 0.1) is 0 Å². The monoisotopic (exact) mass is 321 g/mol. The van der Waals surface area contributed by atoms with Gasteiger partial charge in [-0.1, -0.05) is 6.07 Å². The summed E-state index contributed by atoms with van der Waals surface area (Å²) in [4.78, 5) is 3.78. The van der Waals surface area contributed by atoms with Crippen LogP contribution in [0.4, 0.5) is 0 Å². The van der Waals surface area contributed by atoms with Crippen molar-refractivity contribution in [3.63, 3.8) is 0 Å². The molecule has 0 unspecified atom stereocenters. The van der Waals surface area contributed by atoms with Crippen LogP contribution >= 0.6 is 38.8 Å². The van der Waals surface area contributed by atoms with Crippen molar-refractivity contribution in [2.24, 2.45) is 0 Å². The van der Waals surface area contributed by atoms with Crippen molar-refractivity contribution in [3.8, 4) is 0 Å². The Balaban J connectivity index is 0.000000187. The first-order valence-corrected chi connectivity index (χ1v) is 11.3. The second-order valence-corrected chi connectivity index (χ2v) is 17.2. The molecule has 1 aromatic heterocycles. The van der Waals surface area contributed by atoms with E-state index in [2.05, 4.69) is 4.98 Å². The van der Waals surface area contributed by atoms with E-state index in [4.69, 9.17) is 38.8 Å². The Bertz CT molecular complexity index is 143. The Labute approximate surface area is 84.6 Å². The van der Waals surface area contributed by atoms with Gasteiger partial charge in [-0.2, -0.15) is 0 Å². The minimum Gasteiger partial charge on any atom is -0.265 e. The first-order chi connectivity index (χ1) is 5.00. The van der Waals surface area contributed by atoms with Crippen LogP contribution < -0.4 is 0 Å². The fourth-order valence-electron chi connectivity index (χ4n) is 0.313. The summed E-state index contributed by atoms with van der Waals surface area (Å²) >= 11 is 0. The topological polar surface area (TPSA) is 12.9 Å². The second kappa shape index (κ2) is 6.45. The van der Waals surface area contributed by atoms with Gasteiger partial charge in [0.15, 0.2) is 0 Å². The summed E-state index contributed by atoms with van der Waals surface area (Å²) in [6, 6.07) is 5.72. The third-order valence-corrected chi connectivity index (χ3v) is 0.566. The quantitative estimate of drug-likeness (QED) is 0.662. The van der Waals surface area contributed by atoms with E-state index in [1.165, 1.54) is 0 Å². The van der Waals surface area contributed by atoms with E-state index in [-0.39, 0.29) is 0 Å². The van der Waals surface area contributed by atoms with Crippen molar-refractivity contribution < 1.29 is 10.8 Å². The fraction of sp³-hybridized carbons (Fsp3) is 0. The molecule has 11 heavy (non-hydrogen) atoms. The molecule has 0 aromatic carbocycles. The molecule has 0 amide bonds. The van der Waals surface area contributed by atoms with Crippen LogP contribution in [0.15, 0.2) is 30.6 Å². The number of pyridine rings is 1. The molecule has 0 aliphatic carbocycles. The second-order valence-electron chi connectivity index (χ2n) is 1.33. The third-order valence-electron chi connectivity index (χ3n) is 0.566. The van der Waals surface area contributed by atoms with Crippen LogP contribution in [-0.4, -0.2) is 4.98 Å². The molecule has 0 bridgehead atoms. The molecule has 1 nitrogen and oxygen atoms in total. The molecule has 0 atom stereocenters. The summed E-state index contributed by atoms with van der Waals surface area (Å²) in [5, 5.41) is 0. The predicted octanol–water partition coefficient (Wildman–Crippen LogP) is 3.84. The third kappa shape index (κ3) is 18.2. The number of rotatable bonds is 0. The maximum absolute atomic E-state index is 5.00. The van der Waals surface area contributed by atoms with Crippen molar-refractivity contribution >= 4 is 38.8 Å². The van der Waals surface area contributed by atoms with E-state index < -0.39 is 10.8 Å². The minimum atomic E-state index is -2.97. The van der Waals surface area contributed by atoms with E-state index in [1.807, 2.05) is 18.2 Å². The van der Waals surface area contributed by atoms with Crippen molar-refractivity contribution in [2.75, 3.05) is 0 Å². The zero-order valence-electron chi connectivity index (χ0n) is 5.20. The molecule has 1 aromatic rings. The van der Waals surface area contributed by atoms with Crippen LogP contribution in [0.5, 0.6) is 0 Å². The molecular formula is C5H5Cl4NRu. The van der Waals surface area contributed by atoms with Crippen LogP contribution in [0.3, 0.4) is 0 Å². The summed E-state index contributed by atoms with van der Waals surface area (Å²) in [5.41, 5.74) is 0. The van der Waals surface area contributed by atoms with Gasteiger partial charge < -0.3 is 0 Å². The zero-order valence-corrected chi connectivity index (χ0v) is 9.96. The molecule has 66 valence electrons. The first kappa shape index (κ1) is 11.9. The van der Waals surface area contributed by atoms with Gasteiger partial charge in [0.25, 0.3) is 0 Å². The Morgan fingerprint density at radius 2 is 1.18 bits per heavy atom. The van der Waals surface area contributed by atoms with E-state index in [0.717, 1.165) is 0 Å². The van der Waals surface area contributed by atoms with Gasteiger partial charge in [-0.15, -0.1) is 0 Å². The van der Waals surface area contributed by atoms with Gasteiger partial charge in [-0.05, 0) is 12.1 Å².